The van der Waals surface area contributed by atoms with Crippen LogP contribution in [0.1, 0.15) is 37.1 Å². The van der Waals surface area contributed by atoms with E-state index in [0.717, 1.165) is 4.24 Å². The summed E-state index contributed by atoms with van der Waals surface area (Å²) in [6.07, 6.45) is 0. The minimum absolute atomic E-state index is 0. The Hall–Kier alpha value is 1.44. The number of alkyl halides is 3. The number of hydrogen-bond donors (Lipinski definition) is 0. The molecule has 0 bridgehead atoms. The van der Waals surface area contributed by atoms with E-state index in [9.17, 15) is 0 Å². The number of halogens is 3. The number of rotatable bonds is 0. The van der Waals surface area contributed by atoms with Crippen molar-refractivity contribution in [1.29, 1.82) is 0 Å². The average Bonchev–Trinajstić information content (AvgIpc) is 1.46. The van der Waals surface area contributed by atoms with Crippen molar-refractivity contribution < 1.29 is 0 Å². The zero-order valence-corrected chi connectivity index (χ0v) is 7.60. The maximum absolute atomic E-state index is 3.06. The molecular weight excluding hydrogens is 324 g/mol. The maximum atomic E-state index is 3.06. The third-order valence-electron chi connectivity index (χ3n) is 0. The van der Waals surface area contributed by atoms with Crippen LogP contribution in [-0.4, -0.2) is 10.1 Å². The van der Waals surface area contributed by atoms with Crippen molar-refractivity contribution in [3.8, 4) is 0 Å². The molecule has 0 radical (unpaired) electrons. The molecule has 0 amide bonds. The van der Waals surface area contributed by atoms with Crippen LogP contribution >= 0.6 is 47.8 Å². The van der Waals surface area contributed by atoms with Crippen molar-refractivity contribution in [3.05, 3.63) is 0 Å². The Labute approximate surface area is 94.6 Å². The predicted octanol–water partition coefficient (Wildman–Crippen LogP) is 5.93. The highest BCUT2D eigenvalue weighted by molar-refractivity contribution is 9.24. The van der Waals surface area contributed by atoms with E-state index in [4.69, 9.17) is 0 Å². The summed E-state index contributed by atoms with van der Waals surface area (Å²) >= 11 is 9.06. The van der Waals surface area contributed by atoms with Crippen LogP contribution in [0.3, 0.4) is 0 Å². The van der Waals surface area contributed by atoms with Gasteiger partial charge in [-0.2, -0.15) is 0 Å². The van der Waals surface area contributed by atoms with Crippen LogP contribution in [-0.2, 0) is 0 Å². The Bertz CT molecular complexity index is 8.81. The van der Waals surface area contributed by atoms with E-state index in [1.807, 2.05) is 5.83 Å². The van der Waals surface area contributed by atoms with Crippen molar-refractivity contribution in [2.24, 2.45) is 0 Å². The molecule has 74 valence electrons. The number of hydrogen-bond acceptors (Lipinski definition) is 0. The average molecular weight is 349 g/mol. The fraction of sp³-hybridized carbons (Fsp3) is 1.00. The Morgan fingerprint density at radius 1 is 0.700 bits per heavy atom. The van der Waals surface area contributed by atoms with Gasteiger partial charge in [-0.3, -0.25) is 0 Å². The van der Waals surface area contributed by atoms with Gasteiger partial charge >= 0.3 is 0 Å². The summed E-state index contributed by atoms with van der Waals surface area (Å²) in [6.45, 7) is 0. The molecule has 0 unspecified atom stereocenters. The molecule has 0 heterocycles. The molecule has 0 aliphatic rings. The van der Waals surface area contributed by atoms with Gasteiger partial charge in [0.25, 0.3) is 0 Å². The van der Waals surface area contributed by atoms with Crippen LogP contribution in [0.5, 0.6) is 0 Å². The van der Waals surface area contributed by atoms with Crippen LogP contribution in [0.25, 0.3) is 0 Å². The molecule has 0 aromatic rings. The van der Waals surface area contributed by atoms with Gasteiger partial charge in [0.2, 0.25) is 0 Å². The molecule has 0 rings (SSSR count). The lowest BCUT2D eigenvalue weighted by Gasteiger charge is -1.43. The lowest BCUT2D eigenvalue weighted by molar-refractivity contribution is 2.44. The summed E-state index contributed by atoms with van der Waals surface area (Å²) in [5.41, 5.74) is 0. The topological polar surface area (TPSA) is 0 Å². The van der Waals surface area contributed by atoms with Gasteiger partial charge < -0.3 is 0 Å². The molecule has 0 atom stereocenters. The second-order valence-corrected chi connectivity index (χ2v) is 2.73. The van der Waals surface area contributed by atoms with Crippen molar-refractivity contribution in [3.63, 3.8) is 0 Å². The fourth-order valence-corrected chi connectivity index (χ4v) is 0. The molecule has 0 nitrogen and oxygen atoms in total. The molecule has 0 saturated carbocycles. The summed E-state index contributed by atoms with van der Waals surface area (Å²) in [5.74, 6) is 1.81. The Morgan fingerprint density at radius 2 is 0.700 bits per heavy atom. The quantitative estimate of drug-likeness (QED) is 0.476. The molecule has 0 N–H and O–H groups in total. The van der Waals surface area contributed by atoms with Crippen LogP contribution in [0.4, 0.5) is 0 Å². The van der Waals surface area contributed by atoms with Crippen LogP contribution < -0.4 is 0 Å². The molecule has 0 aromatic carbocycles. The van der Waals surface area contributed by atoms with E-state index in [1.54, 1.807) is 0 Å². The van der Waals surface area contributed by atoms with Gasteiger partial charge in [0, 0.05) is 0 Å². The highest BCUT2D eigenvalue weighted by atomic mass is 79.9. The molecule has 0 fully saturated rings. The first-order valence-electron chi connectivity index (χ1n) is 0.912. The van der Waals surface area contributed by atoms with Gasteiger partial charge in [0.05, 0.1) is 4.24 Å². The van der Waals surface area contributed by atoms with E-state index in [1.165, 1.54) is 0 Å². The second kappa shape index (κ2) is 156. The molecule has 0 spiro atoms. The second-order valence-electron chi connectivity index (χ2n) is 0.101. The summed E-state index contributed by atoms with van der Waals surface area (Å²) < 4.78 is 0.875. The monoisotopic (exact) mass is 346 g/mol. The predicted molar refractivity (Wildman–Crippen MR) is 71.2 cm³/mol. The maximum Gasteiger partial charge on any atom is 0.0588 e. The van der Waals surface area contributed by atoms with Gasteiger partial charge in [0.1, 0.15) is 0 Å². The van der Waals surface area contributed by atoms with Gasteiger partial charge in [-0.25, -0.2) is 0 Å². The van der Waals surface area contributed by atoms with Crippen LogP contribution in [0, 0.1) is 0 Å². The van der Waals surface area contributed by atoms with Crippen molar-refractivity contribution in [2.75, 3.05) is 10.1 Å². The Morgan fingerprint density at radius 3 is 0.700 bits per heavy atom. The SMILES string of the molecule is BrCBr.C.C.C.C.C.CBr. The van der Waals surface area contributed by atoms with Crippen molar-refractivity contribution >= 4 is 47.8 Å². The summed E-state index contributed by atoms with van der Waals surface area (Å²) in [6, 6.07) is 0. The van der Waals surface area contributed by atoms with Crippen LogP contribution in [0.2, 0.25) is 0 Å². The lowest BCUT2D eigenvalue weighted by atomic mass is 12.0. The fourth-order valence-electron chi connectivity index (χ4n) is 0. The molecule has 0 aliphatic carbocycles. The third kappa shape index (κ3) is 324. The normalized spacial score (nSPS) is 2.40. The Balaban J connectivity index is -0.00000000246. The van der Waals surface area contributed by atoms with E-state index in [2.05, 4.69) is 47.8 Å². The van der Waals surface area contributed by atoms with E-state index < -0.39 is 0 Å². The molecular formula is C7H25Br3. The summed E-state index contributed by atoms with van der Waals surface area (Å²) in [4.78, 5) is 0. The minimum atomic E-state index is 0. The van der Waals surface area contributed by atoms with Crippen LogP contribution in [0.15, 0.2) is 0 Å². The van der Waals surface area contributed by atoms with E-state index >= 15 is 0 Å². The van der Waals surface area contributed by atoms with Crippen molar-refractivity contribution in [1.82, 2.24) is 0 Å². The molecule has 0 saturated heterocycles. The molecule has 3 heteroatoms. The first kappa shape index (κ1) is 63.3. The standard InChI is InChI=1S/CH2Br2.CH3Br.5CH4/c2-1-3;1-2;;;;;/h1H2;1H3;5*1H4. The smallest absolute Gasteiger partial charge is 0.0588 e. The first-order valence-corrected chi connectivity index (χ1v) is 4.74. The lowest BCUT2D eigenvalue weighted by Crippen LogP contribution is -1.19. The largest absolute Gasteiger partial charge is 0.0966 e. The van der Waals surface area contributed by atoms with E-state index in [-0.39, 0.29) is 37.1 Å². The molecule has 0 aromatic heterocycles. The first-order chi connectivity index (χ1) is 2.41. The zero-order valence-electron chi connectivity index (χ0n) is 2.84. The zero-order chi connectivity index (χ0) is 4.71. The van der Waals surface area contributed by atoms with Gasteiger partial charge in [-0.1, -0.05) is 84.9 Å². The highest BCUT2D eigenvalue weighted by Crippen LogP contribution is 1.83. The van der Waals surface area contributed by atoms with Gasteiger partial charge in [-0.15, -0.1) is 0 Å². The highest BCUT2D eigenvalue weighted by Gasteiger charge is 1.41. The summed E-state index contributed by atoms with van der Waals surface area (Å²) in [7, 11) is 0. The molecule has 10 heavy (non-hydrogen) atoms. The minimum Gasteiger partial charge on any atom is -0.0966 e. The van der Waals surface area contributed by atoms with E-state index in [0.29, 0.717) is 0 Å². The van der Waals surface area contributed by atoms with Crippen molar-refractivity contribution in [2.45, 2.75) is 37.1 Å². The molecule has 0 aliphatic heterocycles. The summed E-state index contributed by atoms with van der Waals surface area (Å²) in [5, 5.41) is 0. The Kier molecular flexibility index (Phi) is 988. The third-order valence-corrected chi connectivity index (χ3v) is 0. The van der Waals surface area contributed by atoms with Gasteiger partial charge in [0.15, 0.2) is 0 Å². The van der Waals surface area contributed by atoms with Gasteiger partial charge in [-0.05, 0) is 5.83 Å².